The zero-order valence-corrected chi connectivity index (χ0v) is 24.2. The zero-order chi connectivity index (χ0) is 29.3. The topological polar surface area (TPSA) is 109 Å². The van der Waals surface area contributed by atoms with Gasteiger partial charge in [-0.3, -0.25) is 9.36 Å². The molecule has 1 amide bonds. The second-order valence-electron chi connectivity index (χ2n) is 11.4. The number of amides is 1. The maximum Gasteiger partial charge on any atom is 0.410 e. The number of benzene rings is 3. The molecule has 0 atom stereocenters. The van der Waals surface area contributed by atoms with Crippen LogP contribution in [0.5, 0.6) is 0 Å². The summed E-state index contributed by atoms with van der Waals surface area (Å²) < 4.78 is 12.6. The van der Waals surface area contributed by atoms with E-state index in [1.807, 2.05) is 64.1 Å². The van der Waals surface area contributed by atoms with Gasteiger partial charge in [0.1, 0.15) is 23.5 Å². The van der Waals surface area contributed by atoms with Gasteiger partial charge in [-0.1, -0.05) is 24.3 Å². The highest BCUT2D eigenvalue weighted by Gasteiger charge is 2.28. The number of nitrogens with zero attached hydrogens (tertiary/aromatic N) is 4. The standard InChI is InChI=1S/C32H35N5O4/c1-20-35-30-26(34-19-29(38)40-5)16-23(21-12-14-36(15-13-21)31(39)41-32(2,3)4)17-28(30)37(20)27-11-10-22(18-33)24-8-6-7-9-25(24)27/h6-11,16-17,21,34H,12-15,19H2,1-5H3. The minimum atomic E-state index is -0.537. The highest BCUT2D eigenvalue weighted by atomic mass is 16.6. The number of aromatic nitrogens is 2. The maximum atomic E-state index is 12.6. The van der Waals surface area contributed by atoms with E-state index in [0.29, 0.717) is 18.7 Å². The second-order valence-corrected chi connectivity index (χ2v) is 11.4. The number of hydrogen-bond donors (Lipinski definition) is 1. The number of carbonyl (C=O) groups excluding carboxylic acids is 2. The highest BCUT2D eigenvalue weighted by molar-refractivity contribution is 5.98. The lowest BCUT2D eigenvalue weighted by atomic mass is 9.89. The first-order valence-corrected chi connectivity index (χ1v) is 13.8. The summed E-state index contributed by atoms with van der Waals surface area (Å²) in [4.78, 5) is 31.3. The highest BCUT2D eigenvalue weighted by Crippen LogP contribution is 2.37. The van der Waals surface area contributed by atoms with E-state index in [2.05, 4.69) is 28.1 Å². The number of ether oxygens (including phenoxy) is 2. The average Bonchev–Trinajstić information content (AvgIpc) is 3.29. The lowest BCUT2D eigenvalue weighted by Gasteiger charge is -2.33. The second kappa shape index (κ2) is 11.1. The Balaban J connectivity index is 1.57. The summed E-state index contributed by atoms with van der Waals surface area (Å²) in [5.74, 6) is 0.620. The largest absolute Gasteiger partial charge is 0.468 e. The minimum absolute atomic E-state index is 0.0118. The van der Waals surface area contributed by atoms with E-state index in [4.69, 9.17) is 14.5 Å². The van der Waals surface area contributed by atoms with Gasteiger partial charge in [0.15, 0.2) is 0 Å². The first-order chi connectivity index (χ1) is 19.6. The fourth-order valence-corrected chi connectivity index (χ4v) is 5.53. The molecule has 1 N–H and O–H groups in total. The quantitative estimate of drug-likeness (QED) is 0.299. The summed E-state index contributed by atoms with van der Waals surface area (Å²) in [6.45, 7) is 8.78. The van der Waals surface area contributed by atoms with Crippen molar-refractivity contribution in [2.45, 2.75) is 52.1 Å². The van der Waals surface area contributed by atoms with Crippen LogP contribution in [0.3, 0.4) is 0 Å². The van der Waals surface area contributed by atoms with Gasteiger partial charge in [0.2, 0.25) is 0 Å². The Bertz CT molecular complexity index is 1670. The molecule has 0 radical (unpaired) electrons. The normalized spacial score (nSPS) is 14.2. The SMILES string of the molecule is COC(=O)CNc1cc(C2CCN(C(=O)OC(C)(C)C)CC2)cc2c1nc(C)n2-c1ccc(C#N)c2ccccc12. The Hall–Kier alpha value is -4.58. The molecule has 0 spiro atoms. The fourth-order valence-electron chi connectivity index (χ4n) is 5.53. The molecule has 0 saturated carbocycles. The molecular formula is C32H35N5O4. The Kier molecular flexibility index (Phi) is 7.59. The summed E-state index contributed by atoms with van der Waals surface area (Å²) in [6.07, 6.45) is 1.29. The number of likely N-dealkylation sites (tertiary alicyclic amines) is 1. The van der Waals surface area contributed by atoms with Gasteiger partial charge >= 0.3 is 12.1 Å². The number of nitriles is 1. The molecular weight excluding hydrogens is 518 g/mol. The molecule has 0 aliphatic carbocycles. The van der Waals surface area contributed by atoms with E-state index in [-0.39, 0.29) is 24.5 Å². The van der Waals surface area contributed by atoms with Crippen molar-refractivity contribution in [2.24, 2.45) is 0 Å². The van der Waals surface area contributed by atoms with Gasteiger partial charge in [0.05, 0.1) is 35.6 Å². The van der Waals surface area contributed by atoms with Gasteiger partial charge in [-0.05, 0) is 76.3 Å². The Morgan fingerprint density at radius 2 is 1.80 bits per heavy atom. The van der Waals surface area contributed by atoms with E-state index in [9.17, 15) is 14.9 Å². The Morgan fingerprint density at radius 3 is 2.46 bits per heavy atom. The third-order valence-corrected chi connectivity index (χ3v) is 7.48. The predicted molar refractivity (Wildman–Crippen MR) is 158 cm³/mol. The molecule has 5 rings (SSSR count). The van der Waals surface area contributed by atoms with Gasteiger partial charge in [-0.2, -0.15) is 5.26 Å². The van der Waals surface area contributed by atoms with Crippen LogP contribution in [0, 0.1) is 18.3 Å². The van der Waals surface area contributed by atoms with Crippen molar-refractivity contribution in [3.8, 4) is 11.8 Å². The van der Waals surface area contributed by atoms with Crippen molar-refractivity contribution >= 4 is 39.6 Å². The van der Waals surface area contributed by atoms with Gasteiger partial charge < -0.3 is 19.7 Å². The summed E-state index contributed by atoms with van der Waals surface area (Å²) in [6, 6.07) is 18.2. The number of methoxy groups -OCH3 is 1. The fraction of sp³-hybridized carbons (Fsp3) is 0.375. The molecule has 0 bridgehead atoms. The first-order valence-electron chi connectivity index (χ1n) is 13.8. The van der Waals surface area contributed by atoms with Crippen LogP contribution in [-0.4, -0.2) is 58.9 Å². The monoisotopic (exact) mass is 553 g/mol. The van der Waals surface area contributed by atoms with Crippen LogP contribution < -0.4 is 5.32 Å². The zero-order valence-electron chi connectivity index (χ0n) is 24.2. The summed E-state index contributed by atoms with van der Waals surface area (Å²) in [7, 11) is 1.36. The summed E-state index contributed by atoms with van der Waals surface area (Å²) in [5, 5.41) is 14.8. The third-order valence-electron chi connectivity index (χ3n) is 7.48. The predicted octanol–water partition coefficient (Wildman–Crippen LogP) is 6.06. The van der Waals surface area contributed by atoms with Crippen molar-refractivity contribution in [3.63, 3.8) is 0 Å². The molecule has 1 aliphatic heterocycles. The third kappa shape index (κ3) is 5.68. The molecule has 1 saturated heterocycles. The lowest BCUT2D eigenvalue weighted by molar-refractivity contribution is -0.138. The van der Waals surface area contributed by atoms with Crippen LogP contribution in [0.2, 0.25) is 0 Å². The average molecular weight is 554 g/mol. The van der Waals surface area contributed by atoms with Gasteiger partial charge in [0, 0.05) is 23.9 Å². The molecule has 212 valence electrons. The summed E-state index contributed by atoms with van der Waals surface area (Å²) in [5.41, 5.74) is 4.50. The maximum absolute atomic E-state index is 12.6. The number of nitrogens with one attached hydrogen (secondary N) is 1. The number of anilines is 1. The molecule has 9 heteroatoms. The van der Waals surface area contributed by atoms with Crippen molar-refractivity contribution in [1.82, 2.24) is 14.5 Å². The van der Waals surface area contributed by atoms with E-state index < -0.39 is 5.60 Å². The first kappa shape index (κ1) is 28.0. The molecule has 1 aromatic heterocycles. The minimum Gasteiger partial charge on any atom is -0.468 e. The van der Waals surface area contributed by atoms with Crippen LogP contribution in [0.15, 0.2) is 48.5 Å². The molecule has 0 unspecified atom stereocenters. The number of carbonyl (C=O) groups is 2. The Morgan fingerprint density at radius 1 is 1.10 bits per heavy atom. The van der Waals surface area contributed by atoms with Crippen LogP contribution in [-0.2, 0) is 14.3 Å². The van der Waals surface area contributed by atoms with Gasteiger partial charge in [-0.15, -0.1) is 0 Å². The molecule has 41 heavy (non-hydrogen) atoms. The molecule has 1 fully saturated rings. The van der Waals surface area contributed by atoms with E-state index in [1.54, 1.807) is 4.90 Å². The molecule has 1 aliphatic rings. The van der Waals surface area contributed by atoms with Crippen molar-refractivity contribution < 1.29 is 19.1 Å². The van der Waals surface area contributed by atoms with E-state index in [0.717, 1.165) is 57.4 Å². The number of imidazole rings is 1. The number of piperidine rings is 1. The van der Waals surface area contributed by atoms with E-state index >= 15 is 0 Å². The summed E-state index contributed by atoms with van der Waals surface area (Å²) >= 11 is 0. The number of aryl methyl sites for hydroxylation is 1. The Labute approximate surface area is 239 Å². The van der Waals surface area contributed by atoms with Gasteiger partial charge in [0.25, 0.3) is 0 Å². The molecule has 2 heterocycles. The molecule has 9 nitrogen and oxygen atoms in total. The van der Waals surface area contributed by atoms with Gasteiger partial charge in [-0.25, -0.2) is 9.78 Å². The van der Waals surface area contributed by atoms with Crippen LogP contribution in [0.4, 0.5) is 10.5 Å². The molecule has 3 aromatic carbocycles. The number of rotatable bonds is 5. The van der Waals surface area contributed by atoms with Crippen LogP contribution >= 0.6 is 0 Å². The smallest absolute Gasteiger partial charge is 0.410 e. The van der Waals surface area contributed by atoms with Crippen molar-refractivity contribution in [1.29, 1.82) is 5.26 Å². The number of hydrogen-bond acceptors (Lipinski definition) is 7. The van der Waals surface area contributed by atoms with E-state index in [1.165, 1.54) is 7.11 Å². The van der Waals surface area contributed by atoms with Crippen molar-refractivity contribution in [2.75, 3.05) is 32.1 Å². The van der Waals surface area contributed by atoms with Crippen LogP contribution in [0.1, 0.15) is 56.5 Å². The van der Waals surface area contributed by atoms with Crippen LogP contribution in [0.25, 0.3) is 27.5 Å². The van der Waals surface area contributed by atoms with Crippen molar-refractivity contribution in [3.05, 3.63) is 65.5 Å². The lowest BCUT2D eigenvalue weighted by Crippen LogP contribution is -2.41. The number of esters is 1. The molecule has 4 aromatic rings. The number of fused-ring (bicyclic) bond motifs is 2.